The van der Waals surface area contributed by atoms with Crippen molar-refractivity contribution in [1.29, 1.82) is 0 Å². The van der Waals surface area contributed by atoms with Crippen molar-refractivity contribution in [3.63, 3.8) is 0 Å². The minimum Gasteiger partial charge on any atom is -0.463 e. The molecule has 1 aromatic carbocycles. The molecule has 31 heavy (non-hydrogen) atoms. The molecule has 4 nitrogen and oxygen atoms in total. The van der Waals surface area contributed by atoms with Crippen LogP contribution >= 0.6 is 12.8 Å². The van der Waals surface area contributed by atoms with Crippen molar-refractivity contribution in [2.24, 2.45) is 0 Å². The standard InChI is InChI=1S/C15H22N2O2S.C11H18/c1-12-3-4-15(13(9-12)10-19-11-18)16(2)14-5-7-17(20)8-6-14;1-8(2)7-10(5)11(6)9(3)4/h3-4,9,11,14,20H,5-8,10H2,1-2H3;7H,3H2,1-2,4-6H3/b;11-10-. The molecule has 5 heteroatoms. The Balaban J connectivity index is 0.000000373. The largest absolute Gasteiger partial charge is 0.463 e. The minimum absolute atomic E-state index is 0.330. The van der Waals surface area contributed by atoms with Gasteiger partial charge in [0.05, 0.1) is 0 Å². The van der Waals surface area contributed by atoms with Crippen LogP contribution in [0.3, 0.4) is 0 Å². The first-order valence-electron chi connectivity index (χ1n) is 10.9. The first-order chi connectivity index (χ1) is 14.6. The maximum absolute atomic E-state index is 10.4. The molecule has 0 bridgehead atoms. The molecule has 1 aliphatic heterocycles. The predicted octanol–water partition coefficient (Wildman–Crippen LogP) is 6.28. The molecule has 1 aliphatic rings. The fourth-order valence-corrected chi connectivity index (χ4v) is 3.84. The highest BCUT2D eigenvalue weighted by atomic mass is 32.1. The molecule has 0 N–H and O–H groups in total. The van der Waals surface area contributed by atoms with Crippen molar-refractivity contribution in [2.75, 3.05) is 25.0 Å². The van der Waals surface area contributed by atoms with E-state index < -0.39 is 0 Å². The van der Waals surface area contributed by atoms with Gasteiger partial charge in [-0.2, -0.15) is 0 Å². The van der Waals surface area contributed by atoms with E-state index in [0.717, 1.165) is 42.8 Å². The highest BCUT2D eigenvalue weighted by Crippen LogP contribution is 2.27. The second-order valence-electron chi connectivity index (χ2n) is 8.65. The number of carbonyl (C=O) groups is 1. The lowest BCUT2D eigenvalue weighted by Gasteiger charge is -2.36. The molecule has 1 fully saturated rings. The summed E-state index contributed by atoms with van der Waals surface area (Å²) in [5, 5.41) is 0. The van der Waals surface area contributed by atoms with Gasteiger partial charge in [-0.25, -0.2) is 0 Å². The monoisotopic (exact) mass is 444 g/mol. The molecule has 1 saturated heterocycles. The Bertz CT molecular complexity index is 802. The number of ether oxygens (including phenoxy) is 1. The van der Waals surface area contributed by atoms with Crippen molar-refractivity contribution in [3.8, 4) is 0 Å². The normalized spacial score (nSPS) is 15.2. The van der Waals surface area contributed by atoms with E-state index in [0.29, 0.717) is 19.1 Å². The van der Waals surface area contributed by atoms with Crippen LogP contribution in [0.4, 0.5) is 5.69 Å². The van der Waals surface area contributed by atoms with E-state index in [1.54, 1.807) is 0 Å². The zero-order chi connectivity index (χ0) is 23.6. The Morgan fingerprint density at radius 2 is 1.84 bits per heavy atom. The molecule has 172 valence electrons. The number of piperidine rings is 1. The number of hydrogen-bond donors (Lipinski definition) is 1. The highest BCUT2D eigenvalue weighted by molar-refractivity contribution is 7.77. The average Bonchev–Trinajstić information content (AvgIpc) is 2.71. The van der Waals surface area contributed by atoms with Gasteiger partial charge in [0, 0.05) is 37.4 Å². The summed E-state index contributed by atoms with van der Waals surface area (Å²) in [6.45, 7) is 19.3. The number of carbonyl (C=O) groups excluding carboxylic acids is 1. The van der Waals surface area contributed by atoms with Gasteiger partial charge >= 0.3 is 0 Å². The van der Waals surface area contributed by atoms with Crippen molar-refractivity contribution >= 4 is 25.0 Å². The maximum atomic E-state index is 10.4. The molecule has 0 unspecified atom stereocenters. The van der Waals surface area contributed by atoms with E-state index in [1.807, 2.05) is 13.8 Å². The molecular weight excluding hydrogens is 404 g/mol. The van der Waals surface area contributed by atoms with E-state index in [4.69, 9.17) is 4.74 Å². The summed E-state index contributed by atoms with van der Waals surface area (Å²) < 4.78 is 7.01. The van der Waals surface area contributed by atoms with E-state index in [9.17, 15) is 4.79 Å². The van der Waals surface area contributed by atoms with E-state index in [1.165, 1.54) is 22.3 Å². The number of allylic oxidation sites excluding steroid dienone is 5. The van der Waals surface area contributed by atoms with Gasteiger partial charge in [-0.05, 0) is 71.6 Å². The molecule has 0 radical (unpaired) electrons. The zero-order valence-electron chi connectivity index (χ0n) is 20.4. The van der Waals surface area contributed by atoms with Crippen molar-refractivity contribution < 1.29 is 9.53 Å². The molecule has 0 atom stereocenters. The summed E-state index contributed by atoms with van der Waals surface area (Å²) in [4.78, 5) is 12.7. The number of benzene rings is 1. The summed E-state index contributed by atoms with van der Waals surface area (Å²) in [6, 6.07) is 6.81. The number of aryl methyl sites for hydroxylation is 1. The first kappa shape index (κ1) is 27.1. The van der Waals surface area contributed by atoms with Crippen LogP contribution < -0.4 is 4.90 Å². The lowest BCUT2D eigenvalue weighted by Crippen LogP contribution is -2.40. The number of anilines is 1. The van der Waals surface area contributed by atoms with E-state index >= 15 is 0 Å². The fourth-order valence-electron chi connectivity index (χ4n) is 3.61. The van der Waals surface area contributed by atoms with E-state index in [-0.39, 0.29) is 0 Å². The topological polar surface area (TPSA) is 32.8 Å². The van der Waals surface area contributed by atoms with Crippen molar-refractivity contribution in [2.45, 2.75) is 67.0 Å². The SMILES string of the molecule is C=C(C)/C(C)=C(/C)C=C(C)C.Cc1ccc(N(C)C2CCN(S)CC2)c(COC=O)c1. The number of hydrogen-bond acceptors (Lipinski definition) is 5. The van der Waals surface area contributed by atoms with Crippen molar-refractivity contribution in [1.82, 2.24) is 4.31 Å². The van der Waals surface area contributed by atoms with Crippen LogP contribution in [-0.2, 0) is 16.1 Å². The first-order valence-corrected chi connectivity index (χ1v) is 11.3. The molecule has 0 saturated carbocycles. The molecular formula is C26H40N2O2S. The molecule has 2 rings (SSSR count). The third-order valence-corrected chi connectivity index (χ3v) is 6.05. The van der Waals surface area contributed by atoms with Crippen LogP contribution in [0.5, 0.6) is 0 Å². The predicted molar refractivity (Wildman–Crippen MR) is 137 cm³/mol. The zero-order valence-corrected chi connectivity index (χ0v) is 21.3. The number of rotatable bonds is 7. The van der Waals surface area contributed by atoms with Gasteiger partial charge in [-0.3, -0.25) is 9.10 Å². The Morgan fingerprint density at radius 1 is 1.23 bits per heavy atom. The van der Waals surface area contributed by atoms with E-state index in [2.05, 4.69) is 87.6 Å². The smallest absolute Gasteiger partial charge is 0.293 e. The molecule has 1 heterocycles. The maximum Gasteiger partial charge on any atom is 0.293 e. The van der Waals surface area contributed by atoms with Crippen LogP contribution in [0.25, 0.3) is 0 Å². The summed E-state index contributed by atoms with van der Waals surface area (Å²) in [5.41, 5.74) is 8.49. The van der Waals surface area contributed by atoms with Crippen molar-refractivity contribution in [3.05, 3.63) is 64.3 Å². The van der Waals surface area contributed by atoms with Crippen LogP contribution in [0.2, 0.25) is 0 Å². The minimum atomic E-state index is 0.330. The number of nitrogens with zero attached hydrogens (tertiary/aromatic N) is 2. The fraction of sp³-hybridized carbons (Fsp3) is 0.500. The molecule has 0 aromatic heterocycles. The lowest BCUT2D eigenvalue weighted by atomic mass is 10.0. The third-order valence-electron chi connectivity index (χ3n) is 5.65. The molecule has 1 aromatic rings. The Morgan fingerprint density at radius 3 is 2.35 bits per heavy atom. The quantitative estimate of drug-likeness (QED) is 0.305. The van der Waals surface area contributed by atoms with Crippen LogP contribution in [0.1, 0.15) is 58.6 Å². The summed E-state index contributed by atoms with van der Waals surface area (Å²) in [6.07, 6.45) is 4.38. The summed E-state index contributed by atoms with van der Waals surface area (Å²) in [5.74, 6) is 0. The summed E-state index contributed by atoms with van der Waals surface area (Å²) >= 11 is 4.39. The molecule has 0 amide bonds. The van der Waals surface area contributed by atoms with Crippen LogP contribution in [-0.4, -0.2) is 37.0 Å². The lowest BCUT2D eigenvalue weighted by molar-refractivity contribution is -0.129. The van der Waals surface area contributed by atoms with Crippen LogP contribution in [0, 0.1) is 6.92 Å². The molecule has 0 spiro atoms. The second kappa shape index (κ2) is 13.4. The Hall–Kier alpha value is -1.98. The Kier molecular flexibility index (Phi) is 11.7. The highest BCUT2D eigenvalue weighted by Gasteiger charge is 2.22. The van der Waals surface area contributed by atoms with Gasteiger partial charge in [0.2, 0.25) is 0 Å². The van der Waals surface area contributed by atoms with Gasteiger partial charge in [0.25, 0.3) is 6.47 Å². The second-order valence-corrected chi connectivity index (χ2v) is 9.21. The van der Waals surface area contributed by atoms with Gasteiger partial charge in [0.1, 0.15) is 6.61 Å². The van der Waals surface area contributed by atoms with Crippen LogP contribution in [0.15, 0.2) is 53.1 Å². The van der Waals surface area contributed by atoms with Gasteiger partial charge < -0.3 is 9.64 Å². The Labute approximate surface area is 195 Å². The van der Waals surface area contributed by atoms with Gasteiger partial charge in [0.15, 0.2) is 0 Å². The summed E-state index contributed by atoms with van der Waals surface area (Å²) in [7, 11) is 2.12. The average molecular weight is 445 g/mol. The van der Waals surface area contributed by atoms with Gasteiger partial charge in [-0.15, -0.1) is 0 Å². The molecule has 0 aliphatic carbocycles. The number of thiol groups is 1. The van der Waals surface area contributed by atoms with Gasteiger partial charge in [-0.1, -0.05) is 54.3 Å². The third kappa shape index (κ3) is 9.36.